The molecule has 0 fully saturated rings. The molecule has 0 aliphatic rings. The van der Waals surface area contributed by atoms with Gasteiger partial charge >= 0.3 is 0 Å². The molecule has 0 unspecified atom stereocenters. The Morgan fingerprint density at radius 1 is 1.19 bits per heavy atom. The molecule has 0 saturated carbocycles. The molecule has 32 heavy (non-hydrogen) atoms. The Hall–Kier alpha value is -3.74. The summed E-state index contributed by atoms with van der Waals surface area (Å²) in [5, 5.41) is 8.04. The molecule has 2 aromatic heterocycles. The summed E-state index contributed by atoms with van der Waals surface area (Å²) in [7, 11) is 1.74. The zero-order chi connectivity index (χ0) is 22.8. The van der Waals surface area contributed by atoms with Crippen LogP contribution in [0.25, 0.3) is 22.0 Å². The number of aryl methyl sites for hydroxylation is 1. The summed E-state index contributed by atoms with van der Waals surface area (Å²) in [6.45, 7) is 6.12. The van der Waals surface area contributed by atoms with Crippen molar-refractivity contribution in [1.29, 1.82) is 0 Å². The van der Waals surface area contributed by atoms with Crippen LogP contribution in [0, 0.1) is 12.7 Å². The van der Waals surface area contributed by atoms with Crippen LogP contribution in [0.2, 0.25) is 0 Å². The van der Waals surface area contributed by atoms with Crippen molar-refractivity contribution in [2.24, 2.45) is 0 Å². The number of nitrogens with zero attached hydrogens (tertiary/aromatic N) is 3. The van der Waals surface area contributed by atoms with Gasteiger partial charge in [0.05, 0.1) is 17.8 Å². The summed E-state index contributed by atoms with van der Waals surface area (Å²) in [6, 6.07) is 11.6. The second-order valence-corrected chi connectivity index (χ2v) is 8.08. The molecular formula is C25H25FN4O2. The van der Waals surface area contributed by atoms with Crippen molar-refractivity contribution in [1.82, 2.24) is 20.1 Å². The van der Waals surface area contributed by atoms with E-state index in [0.29, 0.717) is 23.4 Å². The van der Waals surface area contributed by atoms with Gasteiger partial charge in [0, 0.05) is 47.6 Å². The van der Waals surface area contributed by atoms with Crippen LogP contribution in [-0.4, -0.2) is 39.1 Å². The molecule has 0 aliphatic heterocycles. The fourth-order valence-electron chi connectivity index (χ4n) is 3.68. The fraction of sp³-hybridized carbons (Fsp3) is 0.240. The number of benzene rings is 2. The van der Waals surface area contributed by atoms with Crippen molar-refractivity contribution in [3.8, 4) is 16.9 Å². The van der Waals surface area contributed by atoms with Crippen LogP contribution in [0.5, 0.6) is 5.75 Å². The van der Waals surface area contributed by atoms with Crippen LogP contribution >= 0.6 is 0 Å². The van der Waals surface area contributed by atoms with Crippen LogP contribution in [0.15, 0.2) is 54.9 Å². The van der Waals surface area contributed by atoms with Gasteiger partial charge in [0.2, 0.25) is 0 Å². The lowest BCUT2D eigenvalue weighted by molar-refractivity contribution is 0.0785. The standard InChI is InChI=1S/C25H25FN4O2/c1-15(2)32-23-11-18(8-9-21(23)17-6-5-7-20(26)10-17)25(31)30(4)14-19-12-27-16(3)22-13-28-29-24(19)22/h5-13,15H,14H2,1-4H3,(H,28,29). The molecule has 4 aromatic rings. The summed E-state index contributed by atoms with van der Waals surface area (Å²) in [5.74, 6) is 0.0603. The van der Waals surface area contributed by atoms with Crippen molar-refractivity contribution >= 4 is 16.8 Å². The number of ether oxygens (including phenoxy) is 1. The highest BCUT2D eigenvalue weighted by atomic mass is 19.1. The Morgan fingerprint density at radius 2 is 2.00 bits per heavy atom. The molecule has 1 N–H and O–H groups in total. The van der Waals surface area contributed by atoms with Crippen molar-refractivity contribution in [3.05, 3.63) is 77.5 Å². The molecule has 7 heteroatoms. The smallest absolute Gasteiger partial charge is 0.254 e. The number of hydrogen-bond acceptors (Lipinski definition) is 4. The molecule has 0 atom stereocenters. The average Bonchev–Trinajstić information content (AvgIpc) is 3.26. The predicted octanol–water partition coefficient (Wildman–Crippen LogP) is 5.13. The maximum atomic E-state index is 13.8. The molecule has 164 valence electrons. The Kier molecular flexibility index (Phi) is 5.90. The Morgan fingerprint density at radius 3 is 2.75 bits per heavy atom. The van der Waals surface area contributed by atoms with Crippen molar-refractivity contribution in [3.63, 3.8) is 0 Å². The highest BCUT2D eigenvalue weighted by Gasteiger charge is 2.18. The molecule has 0 radical (unpaired) electrons. The zero-order valence-electron chi connectivity index (χ0n) is 18.5. The molecule has 1 amide bonds. The van der Waals surface area contributed by atoms with Crippen LogP contribution in [0.3, 0.4) is 0 Å². The van der Waals surface area contributed by atoms with Gasteiger partial charge in [-0.2, -0.15) is 5.10 Å². The topological polar surface area (TPSA) is 71.1 Å². The minimum Gasteiger partial charge on any atom is -0.490 e. The quantitative estimate of drug-likeness (QED) is 0.458. The number of halogens is 1. The number of amides is 1. The third kappa shape index (κ3) is 4.32. The lowest BCUT2D eigenvalue weighted by Crippen LogP contribution is -2.26. The average molecular weight is 432 g/mol. The van der Waals surface area contributed by atoms with E-state index in [-0.39, 0.29) is 17.8 Å². The van der Waals surface area contributed by atoms with E-state index in [0.717, 1.165) is 27.7 Å². The SMILES string of the molecule is Cc1ncc(CN(C)C(=O)c2ccc(-c3cccc(F)c3)c(OC(C)C)c2)c2[nH]ncc12. The number of carbonyl (C=O) groups excluding carboxylic acids is 1. The lowest BCUT2D eigenvalue weighted by Gasteiger charge is -2.20. The third-order valence-electron chi connectivity index (χ3n) is 5.25. The molecule has 2 heterocycles. The number of hydrogen-bond donors (Lipinski definition) is 1. The summed E-state index contributed by atoms with van der Waals surface area (Å²) < 4.78 is 19.7. The van der Waals surface area contributed by atoms with Crippen LogP contribution < -0.4 is 4.74 Å². The molecule has 0 spiro atoms. The highest BCUT2D eigenvalue weighted by molar-refractivity contribution is 5.96. The summed E-state index contributed by atoms with van der Waals surface area (Å²) >= 11 is 0. The monoisotopic (exact) mass is 432 g/mol. The van der Waals surface area contributed by atoms with Gasteiger partial charge in [-0.1, -0.05) is 12.1 Å². The van der Waals surface area contributed by atoms with Gasteiger partial charge in [0.15, 0.2) is 0 Å². The molecular weight excluding hydrogens is 407 g/mol. The Balaban J connectivity index is 1.64. The largest absolute Gasteiger partial charge is 0.490 e. The van der Waals surface area contributed by atoms with Gasteiger partial charge < -0.3 is 9.64 Å². The maximum Gasteiger partial charge on any atom is 0.254 e. The Labute approximate surface area is 186 Å². The first-order chi connectivity index (χ1) is 15.3. The predicted molar refractivity (Wildman–Crippen MR) is 122 cm³/mol. The van der Waals surface area contributed by atoms with Crippen LogP contribution in [-0.2, 0) is 6.54 Å². The number of fused-ring (bicyclic) bond motifs is 1. The van der Waals surface area contributed by atoms with E-state index in [1.54, 1.807) is 48.6 Å². The van der Waals surface area contributed by atoms with E-state index >= 15 is 0 Å². The van der Waals surface area contributed by atoms with E-state index in [1.165, 1.54) is 12.1 Å². The molecule has 0 aliphatic carbocycles. The van der Waals surface area contributed by atoms with E-state index in [9.17, 15) is 9.18 Å². The highest BCUT2D eigenvalue weighted by Crippen LogP contribution is 2.33. The number of aromatic amines is 1. The van der Waals surface area contributed by atoms with Gasteiger partial charge in [-0.15, -0.1) is 0 Å². The fourth-order valence-corrected chi connectivity index (χ4v) is 3.68. The number of nitrogens with one attached hydrogen (secondary N) is 1. The molecule has 0 saturated heterocycles. The third-order valence-corrected chi connectivity index (χ3v) is 5.25. The zero-order valence-corrected chi connectivity index (χ0v) is 18.5. The first-order valence-electron chi connectivity index (χ1n) is 10.4. The van der Waals surface area contributed by atoms with Crippen molar-refractivity contribution in [2.75, 3.05) is 7.05 Å². The normalized spacial score (nSPS) is 11.2. The molecule has 2 aromatic carbocycles. The summed E-state index contributed by atoms with van der Waals surface area (Å²) in [6.07, 6.45) is 3.40. The summed E-state index contributed by atoms with van der Waals surface area (Å²) in [4.78, 5) is 19.2. The first-order valence-corrected chi connectivity index (χ1v) is 10.4. The van der Waals surface area contributed by atoms with E-state index < -0.39 is 0 Å². The minimum absolute atomic E-state index is 0.0994. The maximum absolute atomic E-state index is 13.8. The first kappa shape index (κ1) is 21.5. The number of aromatic nitrogens is 3. The number of H-pyrrole nitrogens is 1. The Bertz CT molecular complexity index is 1280. The molecule has 4 rings (SSSR count). The minimum atomic E-state index is -0.324. The van der Waals surface area contributed by atoms with Gasteiger partial charge in [0.1, 0.15) is 11.6 Å². The van der Waals surface area contributed by atoms with E-state index in [4.69, 9.17) is 4.74 Å². The van der Waals surface area contributed by atoms with Gasteiger partial charge in [0.25, 0.3) is 5.91 Å². The van der Waals surface area contributed by atoms with Crippen LogP contribution in [0.4, 0.5) is 4.39 Å². The van der Waals surface area contributed by atoms with E-state index in [1.807, 2.05) is 26.8 Å². The van der Waals surface area contributed by atoms with Crippen molar-refractivity contribution < 1.29 is 13.9 Å². The molecule has 0 bridgehead atoms. The van der Waals surface area contributed by atoms with Crippen molar-refractivity contribution in [2.45, 2.75) is 33.4 Å². The summed E-state index contributed by atoms with van der Waals surface area (Å²) in [5.41, 5.74) is 4.57. The van der Waals surface area contributed by atoms with Crippen LogP contribution in [0.1, 0.15) is 35.5 Å². The lowest BCUT2D eigenvalue weighted by atomic mass is 10.0. The second-order valence-electron chi connectivity index (χ2n) is 8.08. The number of carbonyl (C=O) groups is 1. The van der Waals surface area contributed by atoms with Gasteiger partial charge in [-0.3, -0.25) is 14.9 Å². The van der Waals surface area contributed by atoms with Gasteiger partial charge in [-0.25, -0.2) is 4.39 Å². The van der Waals surface area contributed by atoms with Gasteiger partial charge in [-0.05, 0) is 56.7 Å². The molecule has 6 nitrogen and oxygen atoms in total. The van der Waals surface area contributed by atoms with E-state index in [2.05, 4.69) is 15.2 Å². The second kappa shape index (κ2) is 8.78. The number of rotatable bonds is 6. The number of pyridine rings is 1.